The molecule has 0 aromatic carbocycles. The van der Waals surface area contributed by atoms with E-state index >= 15 is 0 Å². The number of hydrogen-bond acceptors (Lipinski definition) is 7. The van der Waals surface area contributed by atoms with Crippen molar-refractivity contribution in [2.45, 2.75) is 33.3 Å². The predicted octanol–water partition coefficient (Wildman–Crippen LogP) is 3.13. The fourth-order valence-corrected chi connectivity index (χ4v) is 2.62. The first-order chi connectivity index (χ1) is 10.2. The first-order valence-corrected chi connectivity index (χ1v) is 7.38. The molecule has 1 N–H and O–H groups in total. The standard InChI is InChI=1S/C14H17N3O4S/c1-7-6-8(11(18)20-5)15-10-9(7)16-12(22-10)17-13(19)21-14(2,3)4/h6H,1-5H3,(H,16,17,19). The third kappa shape index (κ3) is 3.70. The van der Waals surface area contributed by atoms with Gasteiger partial charge in [0.25, 0.3) is 0 Å². The average Bonchev–Trinajstić information content (AvgIpc) is 2.78. The monoisotopic (exact) mass is 323 g/mol. The van der Waals surface area contributed by atoms with Crippen molar-refractivity contribution in [1.82, 2.24) is 9.97 Å². The molecule has 0 atom stereocenters. The molecule has 2 aromatic rings. The van der Waals surface area contributed by atoms with Gasteiger partial charge in [0, 0.05) is 0 Å². The second kappa shape index (κ2) is 5.88. The van der Waals surface area contributed by atoms with Crippen molar-refractivity contribution in [2.75, 3.05) is 12.4 Å². The molecule has 0 aliphatic rings. The van der Waals surface area contributed by atoms with Crippen molar-refractivity contribution in [1.29, 1.82) is 0 Å². The average molecular weight is 323 g/mol. The fourth-order valence-electron chi connectivity index (χ4n) is 1.71. The summed E-state index contributed by atoms with van der Waals surface area (Å²) in [5, 5.41) is 2.93. The molecule has 118 valence electrons. The van der Waals surface area contributed by atoms with Gasteiger partial charge in [-0.05, 0) is 39.3 Å². The van der Waals surface area contributed by atoms with Crippen molar-refractivity contribution in [3.05, 3.63) is 17.3 Å². The van der Waals surface area contributed by atoms with E-state index in [0.29, 0.717) is 15.5 Å². The first-order valence-electron chi connectivity index (χ1n) is 6.56. The number of nitrogens with zero attached hydrogens (tertiary/aromatic N) is 2. The highest BCUT2D eigenvalue weighted by Gasteiger charge is 2.19. The SMILES string of the molecule is COC(=O)c1cc(C)c2nc(NC(=O)OC(C)(C)C)sc2n1. The lowest BCUT2D eigenvalue weighted by Crippen LogP contribution is -2.27. The van der Waals surface area contributed by atoms with Gasteiger partial charge in [0.1, 0.15) is 21.6 Å². The van der Waals surface area contributed by atoms with E-state index in [2.05, 4.69) is 20.0 Å². The number of pyridine rings is 1. The molecule has 0 unspecified atom stereocenters. The van der Waals surface area contributed by atoms with Crippen molar-refractivity contribution in [3.63, 3.8) is 0 Å². The molecule has 2 aromatic heterocycles. The second-order valence-electron chi connectivity index (χ2n) is 5.62. The highest BCUT2D eigenvalue weighted by Crippen LogP contribution is 2.27. The van der Waals surface area contributed by atoms with Gasteiger partial charge in [0.2, 0.25) is 0 Å². The van der Waals surface area contributed by atoms with E-state index in [9.17, 15) is 9.59 Å². The number of hydrogen-bond donors (Lipinski definition) is 1. The van der Waals surface area contributed by atoms with E-state index in [1.165, 1.54) is 18.4 Å². The molecule has 8 heteroatoms. The number of methoxy groups -OCH3 is 1. The molecule has 7 nitrogen and oxygen atoms in total. The zero-order valence-electron chi connectivity index (χ0n) is 13.0. The van der Waals surface area contributed by atoms with E-state index in [1.54, 1.807) is 26.8 Å². The van der Waals surface area contributed by atoms with Gasteiger partial charge >= 0.3 is 12.1 Å². The Kier molecular flexibility index (Phi) is 4.32. The Balaban J connectivity index is 2.29. The van der Waals surface area contributed by atoms with Gasteiger partial charge in [-0.2, -0.15) is 0 Å². The van der Waals surface area contributed by atoms with Gasteiger partial charge in [-0.25, -0.2) is 19.6 Å². The quantitative estimate of drug-likeness (QED) is 0.854. The molecule has 0 saturated carbocycles. The maximum absolute atomic E-state index is 11.8. The lowest BCUT2D eigenvalue weighted by molar-refractivity contribution is 0.0592. The Morgan fingerprint density at radius 3 is 2.55 bits per heavy atom. The topological polar surface area (TPSA) is 90.4 Å². The molecule has 0 radical (unpaired) electrons. The zero-order valence-corrected chi connectivity index (χ0v) is 13.8. The molecular formula is C14H17N3O4S. The number of aryl methyl sites for hydroxylation is 1. The molecule has 0 aliphatic carbocycles. The zero-order chi connectivity index (χ0) is 16.5. The van der Waals surface area contributed by atoms with Crippen molar-refractivity contribution >= 4 is 38.9 Å². The summed E-state index contributed by atoms with van der Waals surface area (Å²) in [5.74, 6) is -0.514. The Bertz CT molecular complexity index is 733. The number of rotatable bonds is 2. The van der Waals surface area contributed by atoms with Crippen LogP contribution in [0.2, 0.25) is 0 Å². The van der Waals surface area contributed by atoms with Crippen LogP contribution in [-0.4, -0.2) is 34.7 Å². The summed E-state index contributed by atoms with van der Waals surface area (Å²) in [6.45, 7) is 7.14. The van der Waals surface area contributed by atoms with Crippen molar-refractivity contribution in [3.8, 4) is 0 Å². The largest absolute Gasteiger partial charge is 0.464 e. The van der Waals surface area contributed by atoms with Gasteiger partial charge in [0.15, 0.2) is 5.13 Å². The van der Waals surface area contributed by atoms with Gasteiger partial charge < -0.3 is 9.47 Å². The number of nitrogens with one attached hydrogen (secondary N) is 1. The number of esters is 1. The number of carbonyl (C=O) groups excluding carboxylic acids is 2. The summed E-state index contributed by atoms with van der Waals surface area (Å²) in [6.07, 6.45) is -0.586. The third-order valence-corrected chi connectivity index (χ3v) is 3.43. The maximum Gasteiger partial charge on any atom is 0.413 e. The lowest BCUT2D eigenvalue weighted by Gasteiger charge is -2.18. The number of fused-ring (bicyclic) bond motifs is 1. The van der Waals surface area contributed by atoms with Crippen LogP contribution in [0.4, 0.5) is 9.93 Å². The number of anilines is 1. The Labute approximate surface area is 131 Å². The maximum atomic E-state index is 11.8. The summed E-state index contributed by atoms with van der Waals surface area (Å²) in [7, 11) is 1.30. The normalized spacial score (nSPS) is 11.3. The highest BCUT2D eigenvalue weighted by atomic mass is 32.1. The summed E-state index contributed by atoms with van der Waals surface area (Å²) in [4.78, 5) is 32.4. The van der Waals surface area contributed by atoms with Crippen LogP contribution in [-0.2, 0) is 9.47 Å². The lowest BCUT2D eigenvalue weighted by atomic mass is 10.2. The van der Waals surface area contributed by atoms with E-state index < -0.39 is 17.7 Å². The summed E-state index contributed by atoms with van der Waals surface area (Å²) in [6, 6.07) is 1.60. The van der Waals surface area contributed by atoms with E-state index in [-0.39, 0.29) is 5.69 Å². The minimum absolute atomic E-state index is 0.208. The van der Waals surface area contributed by atoms with Crippen LogP contribution in [0.25, 0.3) is 10.3 Å². The van der Waals surface area contributed by atoms with Crippen LogP contribution >= 0.6 is 11.3 Å². The molecule has 1 amide bonds. The van der Waals surface area contributed by atoms with Gasteiger partial charge in [-0.1, -0.05) is 11.3 Å². The van der Waals surface area contributed by atoms with Gasteiger partial charge in [-0.3, -0.25) is 5.32 Å². The number of amides is 1. The summed E-state index contributed by atoms with van der Waals surface area (Å²) >= 11 is 1.17. The highest BCUT2D eigenvalue weighted by molar-refractivity contribution is 7.22. The molecule has 2 heterocycles. The van der Waals surface area contributed by atoms with Crippen LogP contribution in [0, 0.1) is 6.92 Å². The summed E-state index contributed by atoms with van der Waals surface area (Å²) < 4.78 is 9.83. The number of aromatic nitrogens is 2. The molecule has 0 aliphatic heterocycles. The molecule has 0 bridgehead atoms. The summed E-state index contributed by atoms with van der Waals surface area (Å²) in [5.41, 5.74) is 1.02. The molecule has 0 saturated heterocycles. The molecule has 0 spiro atoms. The van der Waals surface area contributed by atoms with E-state index in [1.807, 2.05) is 6.92 Å². The third-order valence-electron chi connectivity index (χ3n) is 2.56. The molecular weight excluding hydrogens is 306 g/mol. The Morgan fingerprint density at radius 1 is 1.27 bits per heavy atom. The first kappa shape index (κ1) is 16.2. The van der Waals surface area contributed by atoms with Crippen LogP contribution in [0.15, 0.2) is 6.07 Å². The number of ether oxygens (including phenoxy) is 2. The van der Waals surface area contributed by atoms with Crippen molar-refractivity contribution < 1.29 is 19.1 Å². The van der Waals surface area contributed by atoms with E-state index in [4.69, 9.17) is 4.74 Å². The smallest absolute Gasteiger partial charge is 0.413 e. The minimum Gasteiger partial charge on any atom is -0.464 e. The van der Waals surface area contributed by atoms with Crippen LogP contribution in [0.3, 0.4) is 0 Å². The predicted molar refractivity (Wildman–Crippen MR) is 83.3 cm³/mol. The Hall–Kier alpha value is -2.22. The van der Waals surface area contributed by atoms with E-state index in [0.717, 1.165) is 5.56 Å². The number of thiazole rings is 1. The molecule has 0 fully saturated rings. The van der Waals surface area contributed by atoms with Crippen LogP contribution in [0.5, 0.6) is 0 Å². The second-order valence-corrected chi connectivity index (χ2v) is 6.59. The number of carbonyl (C=O) groups is 2. The Morgan fingerprint density at radius 2 is 1.95 bits per heavy atom. The minimum atomic E-state index is -0.590. The van der Waals surface area contributed by atoms with Gasteiger partial charge in [-0.15, -0.1) is 0 Å². The molecule has 22 heavy (non-hydrogen) atoms. The van der Waals surface area contributed by atoms with Crippen molar-refractivity contribution in [2.24, 2.45) is 0 Å². The molecule has 2 rings (SSSR count). The van der Waals surface area contributed by atoms with Crippen LogP contribution in [0.1, 0.15) is 36.8 Å². The fraction of sp³-hybridized carbons (Fsp3) is 0.429. The van der Waals surface area contributed by atoms with Gasteiger partial charge in [0.05, 0.1) is 7.11 Å². The van der Waals surface area contributed by atoms with Crippen LogP contribution < -0.4 is 5.32 Å².